The van der Waals surface area contributed by atoms with E-state index in [9.17, 15) is 0 Å². The van der Waals surface area contributed by atoms with Crippen molar-refractivity contribution in [1.29, 1.82) is 0 Å². The Kier molecular flexibility index (Phi) is 9.86. The number of fused-ring (bicyclic) bond motifs is 11. The van der Waals surface area contributed by atoms with Crippen molar-refractivity contribution in [2.75, 3.05) is 9.80 Å². The van der Waals surface area contributed by atoms with Crippen LogP contribution < -0.4 is 9.80 Å². The second-order valence-electron chi connectivity index (χ2n) is 19.6. The first kappa shape index (κ1) is 40.7. The summed E-state index contributed by atoms with van der Waals surface area (Å²) in [4.78, 5) is 4.87. The second-order valence-corrected chi connectivity index (χ2v) is 20.7. The summed E-state index contributed by atoms with van der Waals surface area (Å²) in [5.41, 5.74) is 13.1. The fourth-order valence-corrected chi connectivity index (χ4v) is 13.4. The number of hydrogen-bond acceptors (Lipinski definition) is 5. The zero-order valence-corrected chi connectivity index (χ0v) is 39.5. The van der Waals surface area contributed by atoms with Crippen LogP contribution >= 0.6 is 11.3 Å². The number of nitrogens with zero attached hydrogens (tertiary/aromatic N) is 2. The lowest BCUT2D eigenvalue weighted by atomic mass is 9.84. The zero-order valence-electron chi connectivity index (χ0n) is 38.7. The van der Waals surface area contributed by atoms with Crippen molar-refractivity contribution in [1.82, 2.24) is 0 Å². The SMILES string of the molecule is c1ccc2c(c1)oc1c(N(c3ccc(C4CCCCC4)cc3)c3ccc4c(c3)sc3cc(N(c5ccc(C6CCCCC6)cc5)c5cccc6c5oc5ccccc56)c5ccccc5c34)cccc12. The number of rotatable bonds is 8. The predicted molar refractivity (Wildman–Crippen MR) is 292 cm³/mol. The number of thiophene rings is 1. The van der Waals surface area contributed by atoms with Gasteiger partial charge in [-0.05, 0) is 121 Å². The fraction of sp³-hybridized carbons (Fsp3) is 0.188. The highest BCUT2D eigenvalue weighted by Crippen LogP contribution is 2.51. The molecule has 2 aliphatic rings. The van der Waals surface area contributed by atoms with Crippen LogP contribution in [0.1, 0.15) is 87.2 Å². The molecule has 9 aromatic carbocycles. The Morgan fingerprint density at radius 1 is 0.348 bits per heavy atom. The molecule has 0 unspecified atom stereocenters. The van der Waals surface area contributed by atoms with Crippen molar-refractivity contribution in [3.05, 3.63) is 193 Å². The van der Waals surface area contributed by atoms with Crippen LogP contribution in [0.25, 0.3) is 74.8 Å². The molecule has 0 N–H and O–H groups in total. The molecular weight excluding hydrogens is 861 g/mol. The van der Waals surface area contributed by atoms with Crippen molar-refractivity contribution in [3.63, 3.8) is 0 Å². The topological polar surface area (TPSA) is 32.8 Å². The van der Waals surface area contributed by atoms with Crippen LogP contribution in [-0.4, -0.2) is 0 Å². The van der Waals surface area contributed by atoms with Crippen LogP contribution in [0.2, 0.25) is 0 Å². The lowest BCUT2D eigenvalue weighted by Crippen LogP contribution is -2.11. The Morgan fingerprint density at radius 3 is 1.41 bits per heavy atom. The summed E-state index contributed by atoms with van der Waals surface area (Å²) in [6.45, 7) is 0. The molecule has 0 spiro atoms. The Hall–Kier alpha value is -7.34. The predicted octanol–water partition coefficient (Wildman–Crippen LogP) is 20.0. The van der Waals surface area contributed by atoms with E-state index in [1.807, 2.05) is 11.3 Å². The highest BCUT2D eigenvalue weighted by molar-refractivity contribution is 7.26. The molecule has 2 saturated carbocycles. The first-order chi connectivity index (χ1) is 34.2. The molecule has 3 heterocycles. The van der Waals surface area contributed by atoms with Crippen LogP contribution in [0, 0.1) is 0 Å². The van der Waals surface area contributed by atoms with E-state index in [2.05, 4.69) is 192 Å². The molecule has 0 saturated heterocycles. The molecule has 2 fully saturated rings. The molecule has 0 aliphatic heterocycles. The molecule has 12 aromatic rings. The van der Waals surface area contributed by atoms with Crippen LogP contribution in [-0.2, 0) is 0 Å². The van der Waals surface area contributed by atoms with Crippen molar-refractivity contribution in [2.45, 2.75) is 76.0 Å². The van der Waals surface area contributed by atoms with Gasteiger partial charge >= 0.3 is 0 Å². The lowest BCUT2D eigenvalue weighted by Gasteiger charge is -2.28. The minimum Gasteiger partial charge on any atom is -0.454 e. The first-order valence-electron chi connectivity index (χ1n) is 25.2. The smallest absolute Gasteiger partial charge is 0.159 e. The summed E-state index contributed by atoms with van der Waals surface area (Å²) in [6, 6.07) is 67.4. The minimum atomic E-state index is 0.629. The molecule has 336 valence electrons. The molecule has 0 radical (unpaired) electrons. The third-order valence-electron chi connectivity index (χ3n) is 15.6. The second kappa shape index (κ2) is 16.7. The third-order valence-corrected chi connectivity index (χ3v) is 16.7. The fourth-order valence-electron chi connectivity index (χ4n) is 12.2. The minimum absolute atomic E-state index is 0.629. The van der Waals surface area contributed by atoms with Gasteiger partial charge in [-0.25, -0.2) is 0 Å². The van der Waals surface area contributed by atoms with E-state index < -0.39 is 0 Å². The highest BCUT2D eigenvalue weighted by atomic mass is 32.1. The van der Waals surface area contributed by atoms with Gasteiger partial charge in [-0.1, -0.05) is 154 Å². The van der Waals surface area contributed by atoms with E-state index in [0.717, 1.165) is 78.0 Å². The molecule has 0 bridgehead atoms. The molecule has 14 rings (SSSR count). The summed E-state index contributed by atoms with van der Waals surface area (Å²) in [5, 5.41) is 9.51. The quantitative estimate of drug-likeness (QED) is 0.152. The summed E-state index contributed by atoms with van der Waals surface area (Å²) in [5.74, 6) is 1.27. The van der Waals surface area contributed by atoms with Gasteiger partial charge in [-0.2, -0.15) is 0 Å². The van der Waals surface area contributed by atoms with Crippen molar-refractivity contribution in [3.8, 4) is 0 Å². The Bertz CT molecular complexity index is 3880. The number of anilines is 6. The molecule has 0 amide bonds. The molecule has 4 nitrogen and oxygen atoms in total. The molecular formula is C64H52N2O2S. The van der Waals surface area contributed by atoms with Gasteiger partial charge in [0.2, 0.25) is 0 Å². The van der Waals surface area contributed by atoms with Gasteiger partial charge in [-0.3, -0.25) is 0 Å². The van der Waals surface area contributed by atoms with Crippen molar-refractivity contribution >= 4 is 120 Å². The lowest BCUT2D eigenvalue weighted by molar-refractivity contribution is 0.443. The maximum atomic E-state index is 6.81. The van der Waals surface area contributed by atoms with Gasteiger partial charge in [0.05, 0.1) is 17.1 Å². The van der Waals surface area contributed by atoms with Gasteiger partial charge < -0.3 is 18.6 Å². The zero-order chi connectivity index (χ0) is 45.4. The van der Waals surface area contributed by atoms with E-state index in [1.54, 1.807) is 0 Å². The van der Waals surface area contributed by atoms with Crippen LogP contribution in [0.5, 0.6) is 0 Å². The molecule has 0 atom stereocenters. The highest BCUT2D eigenvalue weighted by Gasteiger charge is 2.26. The maximum Gasteiger partial charge on any atom is 0.159 e. The summed E-state index contributed by atoms with van der Waals surface area (Å²) >= 11 is 1.88. The average Bonchev–Trinajstić information content (AvgIpc) is 4.12. The van der Waals surface area contributed by atoms with E-state index in [-0.39, 0.29) is 0 Å². The summed E-state index contributed by atoms with van der Waals surface area (Å²) in [6.07, 6.45) is 13.1. The summed E-state index contributed by atoms with van der Waals surface area (Å²) in [7, 11) is 0. The summed E-state index contributed by atoms with van der Waals surface area (Å²) < 4.78 is 16.1. The maximum absolute atomic E-state index is 6.81. The van der Waals surface area contributed by atoms with Gasteiger partial charge in [0.1, 0.15) is 11.2 Å². The Labute approximate surface area is 406 Å². The third kappa shape index (κ3) is 6.84. The number of furan rings is 2. The monoisotopic (exact) mass is 912 g/mol. The average molecular weight is 913 g/mol. The van der Waals surface area contributed by atoms with Gasteiger partial charge in [-0.15, -0.1) is 11.3 Å². The Morgan fingerprint density at radius 2 is 0.826 bits per heavy atom. The van der Waals surface area contributed by atoms with E-state index >= 15 is 0 Å². The van der Waals surface area contributed by atoms with E-state index in [4.69, 9.17) is 8.83 Å². The van der Waals surface area contributed by atoms with Crippen molar-refractivity contribution < 1.29 is 8.83 Å². The molecule has 3 aromatic heterocycles. The van der Waals surface area contributed by atoms with Crippen molar-refractivity contribution in [2.24, 2.45) is 0 Å². The van der Waals surface area contributed by atoms with Gasteiger partial charge in [0, 0.05) is 64.2 Å². The standard InChI is InChI=1S/C64H52N2O2S/c1-3-15-41(16-4-1)43-29-33-45(34-30-43)65(55-25-13-23-52-49-20-9-11-27-58(49)67-63(52)55)47-37-38-54-60(39-47)69-61-40-57(48-19-7-8-22-51(48)62(54)61)66(46-35-31-44(32-36-46)42-17-5-2-6-18-42)56-26-14-24-53-50-21-10-12-28-59(50)68-64(53)56/h7-14,19-42H,1-6,15-18H2. The van der Waals surface area contributed by atoms with Crippen LogP contribution in [0.15, 0.2) is 191 Å². The number of hydrogen-bond donors (Lipinski definition) is 0. The van der Waals surface area contributed by atoms with E-state index in [1.165, 1.54) is 106 Å². The molecule has 5 heteroatoms. The normalized spacial score (nSPS) is 15.1. The first-order valence-corrected chi connectivity index (χ1v) is 26.0. The van der Waals surface area contributed by atoms with Gasteiger partial charge in [0.15, 0.2) is 11.2 Å². The van der Waals surface area contributed by atoms with Gasteiger partial charge in [0.25, 0.3) is 0 Å². The number of benzene rings is 9. The number of para-hydroxylation sites is 4. The largest absolute Gasteiger partial charge is 0.454 e. The van der Waals surface area contributed by atoms with Crippen LogP contribution in [0.4, 0.5) is 34.1 Å². The van der Waals surface area contributed by atoms with Crippen LogP contribution in [0.3, 0.4) is 0 Å². The molecule has 2 aliphatic carbocycles. The molecule has 69 heavy (non-hydrogen) atoms. The Balaban J connectivity index is 0.956. The van der Waals surface area contributed by atoms with E-state index in [0.29, 0.717) is 11.8 Å².